The Bertz CT molecular complexity index is 1310. The van der Waals surface area contributed by atoms with E-state index in [0.29, 0.717) is 23.0 Å². The van der Waals surface area contributed by atoms with Crippen LogP contribution in [0, 0.1) is 5.92 Å². The Labute approximate surface area is 206 Å². The first-order valence-corrected chi connectivity index (χ1v) is 10.8. The molecule has 5 rings (SSSR count). The number of hydrogen-bond acceptors (Lipinski definition) is 8. The molecule has 3 atom stereocenters. The molecular formula is C21H17ClF3N7O4. The standard InChI is InChI=1S/C21H17ClF3N7O4/c1-20(27-19(35)31(29-20)11-6-4-3-5-7-11)15-13-14(36-28-15)18(34)32(17(13)33)30(2)16-12(22)8-10(9-26-16)21(23,24)25/h3-9,13-14,29H,1-2H3,(H,27,35). The van der Waals surface area contributed by atoms with E-state index >= 15 is 0 Å². The van der Waals surface area contributed by atoms with E-state index in [2.05, 4.69) is 20.9 Å². The zero-order chi connectivity index (χ0) is 26.0. The number of imide groups is 1. The summed E-state index contributed by atoms with van der Waals surface area (Å²) in [5.74, 6) is -3.07. The highest BCUT2D eigenvalue weighted by Crippen LogP contribution is 2.38. The zero-order valence-electron chi connectivity index (χ0n) is 18.6. The van der Waals surface area contributed by atoms with Crippen LogP contribution in [0.3, 0.4) is 0 Å². The molecule has 0 aliphatic carbocycles. The molecule has 3 unspecified atom stereocenters. The SMILES string of the molecule is CN(c1ncc(C(F)(F)F)cc1Cl)N1C(=O)C2ON=C(C3(C)NC(=O)N(c4ccccc4)N3)C2C1=O. The van der Waals surface area contributed by atoms with Crippen molar-refractivity contribution in [3.8, 4) is 0 Å². The smallest absolute Gasteiger partial charge is 0.381 e. The Hall–Kier alpha value is -3.91. The van der Waals surface area contributed by atoms with Gasteiger partial charge < -0.3 is 10.2 Å². The number of halogens is 4. The van der Waals surface area contributed by atoms with Crippen molar-refractivity contribution in [1.29, 1.82) is 0 Å². The second kappa shape index (κ2) is 8.06. The number of oxime groups is 1. The van der Waals surface area contributed by atoms with Crippen LogP contribution < -0.4 is 20.8 Å². The van der Waals surface area contributed by atoms with E-state index in [1.165, 1.54) is 12.1 Å². The molecule has 4 amide bonds. The van der Waals surface area contributed by atoms with Gasteiger partial charge in [-0.3, -0.25) is 14.6 Å². The van der Waals surface area contributed by atoms with Gasteiger partial charge in [0.2, 0.25) is 6.10 Å². The van der Waals surface area contributed by atoms with Gasteiger partial charge in [-0.1, -0.05) is 35.0 Å². The van der Waals surface area contributed by atoms with Crippen LogP contribution in [-0.2, 0) is 20.6 Å². The summed E-state index contributed by atoms with van der Waals surface area (Å²) in [4.78, 5) is 48.1. The molecule has 2 N–H and O–H groups in total. The average Bonchev–Trinajstić information content (AvgIpc) is 3.47. The van der Waals surface area contributed by atoms with E-state index in [1.807, 2.05) is 0 Å². The van der Waals surface area contributed by atoms with E-state index in [0.717, 1.165) is 5.01 Å². The molecule has 2 saturated heterocycles. The number of para-hydroxylation sites is 1. The van der Waals surface area contributed by atoms with E-state index in [9.17, 15) is 27.6 Å². The maximum Gasteiger partial charge on any atom is 0.417 e. The summed E-state index contributed by atoms with van der Waals surface area (Å²) < 4.78 is 38.9. The van der Waals surface area contributed by atoms with Crippen LogP contribution in [0.5, 0.6) is 0 Å². The molecule has 2 fully saturated rings. The Morgan fingerprint density at radius 1 is 1.17 bits per heavy atom. The largest absolute Gasteiger partial charge is 0.417 e. The van der Waals surface area contributed by atoms with Gasteiger partial charge in [0.05, 0.1) is 16.3 Å². The first-order chi connectivity index (χ1) is 16.9. The summed E-state index contributed by atoms with van der Waals surface area (Å²) in [6, 6.07) is 8.75. The molecule has 188 valence electrons. The fraction of sp³-hybridized carbons (Fsp3) is 0.286. The molecule has 0 spiro atoms. The van der Waals surface area contributed by atoms with Gasteiger partial charge in [-0.15, -0.1) is 0 Å². The van der Waals surface area contributed by atoms with Gasteiger partial charge in [-0.25, -0.2) is 14.8 Å². The first-order valence-electron chi connectivity index (χ1n) is 10.5. The summed E-state index contributed by atoms with van der Waals surface area (Å²) in [5.41, 5.74) is 1.04. The van der Waals surface area contributed by atoms with Gasteiger partial charge in [-0.05, 0) is 25.1 Å². The van der Waals surface area contributed by atoms with Crippen molar-refractivity contribution in [2.24, 2.45) is 11.1 Å². The van der Waals surface area contributed by atoms with Gasteiger partial charge in [-0.2, -0.15) is 23.6 Å². The molecule has 0 saturated carbocycles. The minimum Gasteiger partial charge on any atom is -0.381 e. The lowest BCUT2D eigenvalue weighted by Gasteiger charge is -2.29. The monoisotopic (exact) mass is 523 g/mol. The van der Waals surface area contributed by atoms with Crippen LogP contribution in [0.25, 0.3) is 0 Å². The number of nitrogens with one attached hydrogen (secondary N) is 2. The van der Waals surface area contributed by atoms with Crippen LogP contribution in [-0.4, -0.2) is 52.4 Å². The number of hydrazine groups is 2. The number of aromatic nitrogens is 1. The number of hydrogen-bond donors (Lipinski definition) is 2. The lowest BCUT2D eigenvalue weighted by atomic mass is 9.91. The highest BCUT2D eigenvalue weighted by atomic mass is 35.5. The second-order valence-corrected chi connectivity index (χ2v) is 8.76. The predicted octanol–water partition coefficient (Wildman–Crippen LogP) is 2.30. The minimum atomic E-state index is -4.68. The predicted molar refractivity (Wildman–Crippen MR) is 119 cm³/mol. The van der Waals surface area contributed by atoms with Crippen LogP contribution in [0.1, 0.15) is 12.5 Å². The lowest BCUT2D eigenvalue weighted by molar-refractivity contribution is -0.143. The molecule has 1 aromatic carbocycles. The van der Waals surface area contributed by atoms with Crippen molar-refractivity contribution >= 4 is 46.7 Å². The molecule has 3 aliphatic rings. The number of rotatable bonds is 4. The lowest BCUT2D eigenvalue weighted by Crippen LogP contribution is -2.58. The van der Waals surface area contributed by atoms with Gasteiger partial charge in [0.25, 0.3) is 11.8 Å². The third kappa shape index (κ3) is 3.60. The van der Waals surface area contributed by atoms with E-state index in [4.69, 9.17) is 16.4 Å². The molecule has 15 heteroatoms. The fourth-order valence-electron chi connectivity index (χ4n) is 4.24. The summed E-state index contributed by atoms with van der Waals surface area (Å²) in [5, 5.41) is 9.06. The third-order valence-electron chi connectivity index (χ3n) is 5.97. The Kier molecular flexibility index (Phi) is 5.33. The van der Waals surface area contributed by atoms with E-state index in [-0.39, 0.29) is 11.5 Å². The fourth-order valence-corrected chi connectivity index (χ4v) is 4.53. The van der Waals surface area contributed by atoms with Crippen LogP contribution >= 0.6 is 11.6 Å². The number of benzene rings is 1. The number of carbonyl (C=O) groups excluding carboxylic acids is 3. The Morgan fingerprint density at radius 3 is 2.50 bits per heavy atom. The number of amides is 4. The molecule has 0 radical (unpaired) electrons. The summed E-state index contributed by atoms with van der Waals surface area (Å²) in [6.07, 6.45) is -5.47. The highest BCUT2D eigenvalue weighted by Gasteiger charge is 2.62. The van der Waals surface area contributed by atoms with Gasteiger partial charge in [0, 0.05) is 13.2 Å². The molecule has 3 aliphatic heterocycles. The van der Waals surface area contributed by atoms with Crippen molar-refractivity contribution in [3.05, 3.63) is 53.2 Å². The summed E-state index contributed by atoms with van der Waals surface area (Å²) in [6.45, 7) is 1.55. The number of fused-ring (bicyclic) bond motifs is 1. The number of urea groups is 1. The molecule has 11 nitrogen and oxygen atoms in total. The first kappa shape index (κ1) is 23.8. The zero-order valence-corrected chi connectivity index (χ0v) is 19.3. The van der Waals surface area contributed by atoms with Gasteiger partial charge in [0.1, 0.15) is 11.6 Å². The molecule has 0 bridgehead atoms. The molecule has 36 heavy (non-hydrogen) atoms. The van der Waals surface area contributed by atoms with Gasteiger partial charge in [0.15, 0.2) is 11.5 Å². The number of carbonyl (C=O) groups is 3. The number of nitrogens with zero attached hydrogens (tertiary/aromatic N) is 5. The van der Waals surface area contributed by atoms with E-state index in [1.54, 1.807) is 37.3 Å². The van der Waals surface area contributed by atoms with Crippen molar-refractivity contribution in [2.45, 2.75) is 24.9 Å². The van der Waals surface area contributed by atoms with Crippen LogP contribution in [0.2, 0.25) is 5.02 Å². The molecule has 1 aromatic heterocycles. The maximum atomic E-state index is 13.4. The van der Waals surface area contributed by atoms with Crippen LogP contribution in [0.4, 0.5) is 29.5 Å². The second-order valence-electron chi connectivity index (χ2n) is 8.36. The number of pyridine rings is 1. The Morgan fingerprint density at radius 2 is 1.86 bits per heavy atom. The summed E-state index contributed by atoms with van der Waals surface area (Å²) >= 11 is 6.00. The molecule has 2 aromatic rings. The maximum absolute atomic E-state index is 13.4. The normalized spacial score (nSPS) is 25.6. The van der Waals surface area contributed by atoms with Gasteiger partial charge >= 0.3 is 12.2 Å². The van der Waals surface area contributed by atoms with Crippen molar-refractivity contribution < 1.29 is 32.4 Å². The third-order valence-corrected chi connectivity index (χ3v) is 6.24. The molecule has 4 heterocycles. The van der Waals surface area contributed by atoms with Crippen molar-refractivity contribution in [3.63, 3.8) is 0 Å². The Balaban J connectivity index is 1.41. The average molecular weight is 524 g/mol. The van der Waals surface area contributed by atoms with E-state index < -0.39 is 52.3 Å². The van der Waals surface area contributed by atoms with Crippen molar-refractivity contribution in [2.75, 3.05) is 17.1 Å². The van der Waals surface area contributed by atoms with Crippen molar-refractivity contribution in [1.82, 2.24) is 20.7 Å². The topological polar surface area (TPSA) is 119 Å². The highest BCUT2D eigenvalue weighted by molar-refractivity contribution is 6.33. The quantitative estimate of drug-likeness (QED) is 0.590. The number of alkyl halides is 3. The summed E-state index contributed by atoms with van der Waals surface area (Å²) in [7, 11) is 1.25. The minimum absolute atomic E-state index is 0.0417. The van der Waals surface area contributed by atoms with Crippen LogP contribution in [0.15, 0.2) is 47.8 Å². The number of anilines is 2. The molecular weight excluding hydrogens is 507 g/mol.